The molecule has 3 nitrogen and oxygen atoms in total. The highest BCUT2D eigenvalue weighted by molar-refractivity contribution is 6.30. The number of carboxylic acid groups (broad SMARTS) is 1. The third-order valence-electron chi connectivity index (χ3n) is 2.73. The summed E-state index contributed by atoms with van der Waals surface area (Å²) in [5, 5.41) is 9.65. The normalized spacial score (nSPS) is 16.2. The maximum Gasteiger partial charge on any atom is 0.323 e. The van der Waals surface area contributed by atoms with Gasteiger partial charge in [-0.1, -0.05) is 30.7 Å². The van der Waals surface area contributed by atoms with Gasteiger partial charge in [0.05, 0.1) is 0 Å². The molecule has 4 heteroatoms. The minimum absolute atomic E-state index is 0.194. The third-order valence-corrected chi connectivity index (χ3v) is 2.97. The van der Waals surface area contributed by atoms with Crippen LogP contribution in [0.4, 0.5) is 0 Å². The summed E-state index contributed by atoms with van der Waals surface area (Å²) < 4.78 is 0. The number of hydrogen-bond donors (Lipinski definition) is 2. The van der Waals surface area contributed by atoms with E-state index >= 15 is 0 Å². The van der Waals surface area contributed by atoms with Gasteiger partial charge in [-0.3, -0.25) is 4.79 Å². The van der Waals surface area contributed by atoms with Crippen LogP contribution < -0.4 is 5.73 Å². The van der Waals surface area contributed by atoms with E-state index in [4.69, 9.17) is 22.4 Å². The van der Waals surface area contributed by atoms with Crippen molar-refractivity contribution in [2.75, 3.05) is 0 Å². The van der Waals surface area contributed by atoms with Crippen molar-refractivity contribution in [3.8, 4) is 0 Å². The molecule has 0 aliphatic carbocycles. The molecule has 0 aliphatic rings. The van der Waals surface area contributed by atoms with Crippen LogP contribution in [0.3, 0.4) is 0 Å². The summed E-state index contributed by atoms with van der Waals surface area (Å²) in [6.07, 6.45) is 1.22. The van der Waals surface area contributed by atoms with Crippen molar-refractivity contribution in [3.05, 3.63) is 34.9 Å². The fraction of sp³-hybridized carbons (Fsp3) is 0.462. The molecule has 2 atom stereocenters. The number of halogens is 1. The number of carboxylic acids is 1. The number of nitrogens with two attached hydrogens (primary N) is 1. The van der Waals surface area contributed by atoms with Crippen LogP contribution in [-0.4, -0.2) is 16.6 Å². The van der Waals surface area contributed by atoms with E-state index in [1.165, 1.54) is 0 Å². The molecule has 0 amide bonds. The lowest BCUT2D eigenvalue weighted by atomic mass is 9.87. The molecular weight excluding hydrogens is 238 g/mol. The molecule has 1 rings (SSSR count). The summed E-state index contributed by atoms with van der Waals surface area (Å²) in [7, 11) is 0. The van der Waals surface area contributed by atoms with Crippen LogP contribution in [0.2, 0.25) is 5.02 Å². The van der Waals surface area contributed by atoms with Gasteiger partial charge < -0.3 is 10.8 Å². The zero-order valence-corrected chi connectivity index (χ0v) is 10.9. The molecule has 0 aliphatic heterocycles. The molecular formula is C13H18ClNO2. The predicted octanol–water partition coefficient (Wildman–Crippen LogP) is 2.71. The van der Waals surface area contributed by atoms with Gasteiger partial charge in [-0.25, -0.2) is 0 Å². The van der Waals surface area contributed by atoms with E-state index in [1.807, 2.05) is 31.2 Å². The highest BCUT2D eigenvalue weighted by atomic mass is 35.5. The van der Waals surface area contributed by atoms with Gasteiger partial charge in [0, 0.05) is 5.02 Å². The van der Waals surface area contributed by atoms with Crippen LogP contribution in [0.5, 0.6) is 0 Å². The molecule has 0 radical (unpaired) electrons. The average Bonchev–Trinajstić information content (AvgIpc) is 2.15. The van der Waals surface area contributed by atoms with Crippen LogP contribution in [0.25, 0.3) is 0 Å². The van der Waals surface area contributed by atoms with Crippen molar-refractivity contribution in [1.29, 1.82) is 0 Å². The SMILES string of the molecule is CC(Cc1cccc(Cl)c1)CC(C)(N)C(=O)O. The van der Waals surface area contributed by atoms with E-state index in [2.05, 4.69) is 0 Å². The summed E-state index contributed by atoms with van der Waals surface area (Å²) in [5.41, 5.74) is 5.65. The van der Waals surface area contributed by atoms with Gasteiger partial charge in [0.1, 0.15) is 5.54 Å². The van der Waals surface area contributed by atoms with Crippen LogP contribution in [0.1, 0.15) is 25.8 Å². The fourth-order valence-corrected chi connectivity index (χ4v) is 2.16. The van der Waals surface area contributed by atoms with Crippen LogP contribution in [-0.2, 0) is 11.2 Å². The second kappa shape index (κ2) is 5.52. The molecule has 1 aromatic carbocycles. The largest absolute Gasteiger partial charge is 0.480 e. The van der Waals surface area contributed by atoms with Gasteiger partial charge >= 0.3 is 5.97 Å². The maximum absolute atomic E-state index is 10.9. The molecule has 0 heterocycles. The Bertz CT molecular complexity index is 404. The molecule has 3 N–H and O–H groups in total. The molecule has 0 aromatic heterocycles. The Hall–Kier alpha value is -1.06. The Morgan fingerprint density at radius 3 is 2.76 bits per heavy atom. The smallest absolute Gasteiger partial charge is 0.323 e. The molecule has 0 saturated heterocycles. The first-order chi connectivity index (χ1) is 7.81. The summed E-state index contributed by atoms with van der Waals surface area (Å²) in [6, 6.07) is 7.59. The summed E-state index contributed by atoms with van der Waals surface area (Å²) >= 11 is 5.89. The van der Waals surface area contributed by atoms with Crippen molar-refractivity contribution in [1.82, 2.24) is 0 Å². The van der Waals surface area contributed by atoms with E-state index in [9.17, 15) is 4.79 Å². The molecule has 2 unspecified atom stereocenters. The highest BCUT2D eigenvalue weighted by Gasteiger charge is 2.29. The van der Waals surface area contributed by atoms with Crippen molar-refractivity contribution in [2.45, 2.75) is 32.2 Å². The van der Waals surface area contributed by atoms with Crippen molar-refractivity contribution >= 4 is 17.6 Å². The second-order valence-electron chi connectivity index (χ2n) is 4.87. The molecule has 0 bridgehead atoms. The standard InChI is InChI=1S/C13H18ClNO2/c1-9(8-13(2,15)12(16)17)6-10-4-3-5-11(14)7-10/h3-5,7,9H,6,8,15H2,1-2H3,(H,16,17). The van der Waals surface area contributed by atoms with Gasteiger partial charge in [0.2, 0.25) is 0 Å². The predicted molar refractivity (Wildman–Crippen MR) is 69.2 cm³/mol. The van der Waals surface area contributed by atoms with Crippen molar-refractivity contribution in [3.63, 3.8) is 0 Å². The van der Waals surface area contributed by atoms with Crippen molar-refractivity contribution < 1.29 is 9.90 Å². The maximum atomic E-state index is 10.9. The van der Waals surface area contributed by atoms with Crippen LogP contribution >= 0.6 is 11.6 Å². The zero-order valence-electron chi connectivity index (χ0n) is 10.1. The topological polar surface area (TPSA) is 63.3 Å². The quantitative estimate of drug-likeness (QED) is 0.850. The van der Waals surface area contributed by atoms with Crippen molar-refractivity contribution in [2.24, 2.45) is 11.7 Å². The summed E-state index contributed by atoms with van der Waals surface area (Å²) in [6.45, 7) is 3.54. The molecule has 1 aromatic rings. The lowest BCUT2D eigenvalue weighted by molar-refractivity contribution is -0.143. The van der Waals surface area contributed by atoms with E-state index in [-0.39, 0.29) is 5.92 Å². The van der Waals surface area contributed by atoms with E-state index < -0.39 is 11.5 Å². The first-order valence-electron chi connectivity index (χ1n) is 5.58. The van der Waals surface area contributed by atoms with Gasteiger partial charge in [-0.2, -0.15) is 0 Å². The molecule has 94 valence electrons. The molecule has 0 saturated carbocycles. The zero-order chi connectivity index (χ0) is 13.1. The Balaban J connectivity index is 2.61. The highest BCUT2D eigenvalue weighted by Crippen LogP contribution is 2.20. The summed E-state index contributed by atoms with van der Waals surface area (Å²) in [5.74, 6) is -0.769. The van der Waals surface area contributed by atoms with E-state index in [0.29, 0.717) is 11.4 Å². The Kier molecular flexibility index (Phi) is 4.54. The number of hydrogen-bond acceptors (Lipinski definition) is 2. The van der Waals surface area contributed by atoms with Gasteiger partial charge in [-0.15, -0.1) is 0 Å². The van der Waals surface area contributed by atoms with Crippen LogP contribution in [0.15, 0.2) is 24.3 Å². The first-order valence-corrected chi connectivity index (χ1v) is 5.96. The lowest BCUT2D eigenvalue weighted by Gasteiger charge is -2.23. The van der Waals surface area contributed by atoms with E-state index in [0.717, 1.165) is 12.0 Å². The number of aliphatic carboxylic acids is 1. The average molecular weight is 256 g/mol. The van der Waals surface area contributed by atoms with Gasteiger partial charge in [-0.05, 0) is 43.4 Å². The number of benzene rings is 1. The Labute approximate surface area is 107 Å². The molecule has 0 fully saturated rings. The first kappa shape index (κ1) is 14.0. The van der Waals surface area contributed by atoms with Gasteiger partial charge in [0.25, 0.3) is 0 Å². The van der Waals surface area contributed by atoms with Crippen LogP contribution in [0, 0.1) is 5.92 Å². The fourth-order valence-electron chi connectivity index (χ4n) is 1.95. The molecule has 0 spiro atoms. The Morgan fingerprint density at radius 1 is 1.59 bits per heavy atom. The van der Waals surface area contributed by atoms with E-state index in [1.54, 1.807) is 6.92 Å². The third kappa shape index (κ3) is 4.36. The minimum Gasteiger partial charge on any atom is -0.480 e. The Morgan fingerprint density at radius 2 is 2.24 bits per heavy atom. The minimum atomic E-state index is -1.17. The number of rotatable bonds is 5. The summed E-state index contributed by atoms with van der Waals surface area (Å²) in [4.78, 5) is 10.9. The second-order valence-corrected chi connectivity index (χ2v) is 5.30. The van der Waals surface area contributed by atoms with Gasteiger partial charge in [0.15, 0.2) is 0 Å². The molecule has 17 heavy (non-hydrogen) atoms. The number of carbonyl (C=O) groups is 1. The monoisotopic (exact) mass is 255 g/mol. The lowest BCUT2D eigenvalue weighted by Crippen LogP contribution is -2.46.